The van der Waals surface area contributed by atoms with E-state index in [4.69, 9.17) is 4.74 Å². The molecule has 1 N–H and O–H groups in total. The van der Waals surface area contributed by atoms with Crippen LogP contribution < -0.4 is 10.1 Å². The number of methoxy groups -OCH3 is 1. The molecule has 1 unspecified atom stereocenters. The first-order valence-corrected chi connectivity index (χ1v) is 7.73. The summed E-state index contributed by atoms with van der Waals surface area (Å²) >= 11 is 0. The number of carbonyl (C=O) groups is 1. The Morgan fingerprint density at radius 3 is 2.71 bits per heavy atom. The van der Waals surface area contributed by atoms with Crippen LogP contribution in [0.3, 0.4) is 0 Å². The summed E-state index contributed by atoms with van der Waals surface area (Å²) in [5.41, 5.74) is 1.04. The van der Waals surface area contributed by atoms with E-state index in [2.05, 4.69) is 24.1 Å². The van der Waals surface area contributed by atoms with Crippen LogP contribution in [0.2, 0.25) is 0 Å². The zero-order chi connectivity index (χ0) is 15.2. The van der Waals surface area contributed by atoms with Gasteiger partial charge in [-0.2, -0.15) is 0 Å². The van der Waals surface area contributed by atoms with Crippen LogP contribution in [-0.4, -0.2) is 43.6 Å². The van der Waals surface area contributed by atoms with E-state index in [0.29, 0.717) is 18.4 Å². The monoisotopic (exact) mass is 290 g/mol. The van der Waals surface area contributed by atoms with Crippen LogP contribution in [0.5, 0.6) is 5.75 Å². The van der Waals surface area contributed by atoms with Crippen molar-refractivity contribution in [1.82, 2.24) is 10.2 Å². The second-order valence-electron chi connectivity index (χ2n) is 6.10. The summed E-state index contributed by atoms with van der Waals surface area (Å²) in [7, 11) is 1.65. The van der Waals surface area contributed by atoms with E-state index in [9.17, 15) is 4.79 Å². The van der Waals surface area contributed by atoms with Crippen molar-refractivity contribution >= 4 is 5.91 Å². The summed E-state index contributed by atoms with van der Waals surface area (Å²) in [6.45, 7) is 7.03. The molecule has 1 aliphatic heterocycles. The summed E-state index contributed by atoms with van der Waals surface area (Å²) in [5.74, 6) is 1.66. The van der Waals surface area contributed by atoms with Gasteiger partial charge in [-0.15, -0.1) is 0 Å². The second-order valence-corrected chi connectivity index (χ2v) is 6.10. The molecule has 0 bridgehead atoms. The summed E-state index contributed by atoms with van der Waals surface area (Å²) in [4.78, 5) is 14.6. The van der Waals surface area contributed by atoms with Crippen LogP contribution in [0.25, 0.3) is 0 Å². The average molecular weight is 290 g/mol. The van der Waals surface area contributed by atoms with Crippen LogP contribution in [0, 0.1) is 5.92 Å². The van der Waals surface area contributed by atoms with Crippen molar-refractivity contribution in [3.05, 3.63) is 29.8 Å². The molecule has 1 amide bonds. The molecule has 0 radical (unpaired) electrons. The van der Waals surface area contributed by atoms with Crippen molar-refractivity contribution in [2.24, 2.45) is 5.92 Å². The quantitative estimate of drug-likeness (QED) is 0.903. The van der Waals surface area contributed by atoms with Crippen molar-refractivity contribution in [3.8, 4) is 5.75 Å². The minimum atomic E-state index is 0.229. The molecule has 1 aromatic rings. The Morgan fingerprint density at radius 1 is 1.38 bits per heavy atom. The summed E-state index contributed by atoms with van der Waals surface area (Å²) in [5, 5.41) is 3.39. The van der Waals surface area contributed by atoms with Gasteiger partial charge in [0.25, 0.3) is 0 Å². The van der Waals surface area contributed by atoms with Crippen LogP contribution in [0.1, 0.15) is 25.8 Å². The number of piperazine rings is 1. The smallest absolute Gasteiger partial charge is 0.227 e. The number of benzene rings is 1. The van der Waals surface area contributed by atoms with Gasteiger partial charge in [-0.05, 0) is 30.0 Å². The maximum absolute atomic E-state index is 12.6. The standard InChI is InChI=1S/C17H26N2O2/c1-13(2)10-15-12-18-8-9-19(15)17(20)11-14-4-6-16(21-3)7-5-14/h4-7,13,15,18H,8-12H2,1-3H3. The molecular formula is C17H26N2O2. The van der Waals surface area contributed by atoms with E-state index in [1.54, 1.807) is 7.11 Å². The third-order valence-corrected chi connectivity index (χ3v) is 3.93. The topological polar surface area (TPSA) is 41.6 Å². The van der Waals surface area contributed by atoms with Crippen LogP contribution >= 0.6 is 0 Å². The predicted molar refractivity (Wildman–Crippen MR) is 84.5 cm³/mol. The summed E-state index contributed by atoms with van der Waals surface area (Å²) in [6, 6.07) is 8.08. The Labute approximate surface area is 127 Å². The fourth-order valence-electron chi connectivity index (χ4n) is 2.86. The predicted octanol–water partition coefficient (Wildman–Crippen LogP) is 2.08. The first-order chi connectivity index (χ1) is 10.1. The molecule has 2 rings (SSSR count). The molecule has 4 heteroatoms. The zero-order valence-corrected chi connectivity index (χ0v) is 13.3. The number of ether oxygens (including phenoxy) is 1. The van der Waals surface area contributed by atoms with Gasteiger partial charge >= 0.3 is 0 Å². The molecule has 1 atom stereocenters. The molecule has 0 aromatic heterocycles. The maximum atomic E-state index is 12.6. The fourth-order valence-corrected chi connectivity index (χ4v) is 2.86. The van der Waals surface area contributed by atoms with Crippen LogP contribution in [0.15, 0.2) is 24.3 Å². The number of amides is 1. The zero-order valence-electron chi connectivity index (χ0n) is 13.3. The highest BCUT2D eigenvalue weighted by atomic mass is 16.5. The SMILES string of the molecule is COc1ccc(CC(=O)N2CCNCC2CC(C)C)cc1. The van der Waals surface area contributed by atoms with Crippen molar-refractivity contribution in [1.29, 1.82) is 0 Å². The minimum absolute atomic E-state index is 0.229. The van der Waals surface area contributed by atoms with Crippen LogP contribution in [0.4, 0.5) is 0 Å². The normalized spacial score (nSPS) is 18.9. The lowest BCUT2D eigenvalue weighted by Crippen LogP contribution is -2.54. The third kappa shape index (κ3) is 4.46. The Hall–Kier alpha value is -1.55. The molecule has 0 spiro atoms. The first kappa shape index (κ1) is 15.8. The Balaban J connectivity index is 1.99. The number of nitrogens with zero attached hydrogens (tertiary/aromatic N) is 1. The molecule has 1 fully saturated rings. The number of hydrogen-bond acceptors (Lipinski definition) is 3. The number of carbonyl (C=O) groups excluding carboxylic acids is 1. The Kier molecular flexibility index (Phi) is 5.62. The average Bonchev–Trinajstić information content (AvgIpc) is 2.48. The van der Waals surface area contributed by atoms with E-state index in [1.165, 1.54) is 0 Å². The second kappa shape index (κ2) is 7.46. The highest BCUT2D eigenvalue weighted by Crippen LogP contribution is 2.17. The lowest BCUT2D eigenvalue weighted by atomic mass is 10.00. The van der Waals surface area contributed by atoms with Crippen molar-refractivity contribution in [2.45, 2.75) is 32.7 Å². The Morgan fingerprint density at radius 2 is 2.10 bits per heavy atom. The number of nitrogens with one attached hydrogen (secondary N) is 1. The maximum Gasteiger partial charge on any atom is 0.227 e. The van der Waals surface area contributed by atoms with Crippen molar-refractivity contribution in [2.75, 3.05) is 26.7 Å². The molecule has 21 heavy (non-hydrogen) atoms. The van der Waals surface area contributed by atoms with E-state index in [0.717, 1.165) is 37.4 Å². The lowest BCUT2D eigenvalue weighted by molar-refractivity contribution is -0.134. The first-order valence-electron chi connectivity index (χ1n) is 7.73. The number of rotatable bonds is 5. The van der Waals surface area contributed by atoms with Gasteiger partial charge in [0.05, 0.1) is 13.5 Å². The molecule has 116 valence electrons. The van der Waals surface area contributed by atoms with Crippen LogP contribution in [-0.2, 0) is 11.2 Å². The van der Waals surface area contributed by atoms with Gasteiger partial charge in [0, 0.05) is 25.7 Å². The highest BCUT2D eigenvalue weighted by molar-refractivity contribution is 5.79. The van der Waals surface area contributed by atoms with Gasteiger partial charge in [-0.25, -0.2) is 0 Å². The van der Waals surface area contributed by atoms with E-state index in [-0.39, 0.29) is 5.91 Å². The molecular weight excluding hydrogens is 264 g/mol. The van der Waals surface area contributed by atoms with Gasteiger partial charge in [0.2, 0.25) is 5.91 Å². The van der Waals surface area contributed by atoms with E-state index < -0.39 is 0 Å². The van der Waals surface area contributed by atoms with Gasteiger partial charge < -0.3 is 15.0 Å². The summed E-state index contributed by atoms with van der Waals surface area (Å²) < 4.78 is 5.15. The largest absolute Gasteiger partial charge is 0.497 e. The van der Waals surface area contributed by atoms with Crippen molar-refractivity contribution in [3.63, 3.8) is 0 Å². The van der Waals surface area contributed by atoms with Gasteiger partial charge in [-0.1, -0.05) is 26.0 Å². The van der Waals surface area contributed by atoms with Crippen molar-refractivity contribution < 1.29 is 9.53 Å². The molecule has 1 aromatic carbocycles. The van der Waals surface area contributed by atoms with E-state index >= 15 is 0 Å². The van der Waals surface area contributed by atoms with Gasteiger partial charge in [0.1, 0.15) is 5.75 Å². The molecule has 1 saturated heterocycles. The van der Waals surface area contributed by atoms with Gasteiger partial charge in [-0.3, -0.25) is 4.79 Å². The van der Waals surface area contributed by atoms with E-state index in [1.807, 2.05) is 24.3 Å². The number of hydrogen-bond donors (Lipinski definition) is 1. The summed E-state index contributed by atoms with van der Waals surface area (Å²) in [6.07, 6.45) is 1.53. The third-order valence-electron chi connectivity index (χ3n) is 3.93. The molecule has 1 aliphatic rings. The molecule has 0 saturated carbocycles. The lowest BCUT2D eigenvalue weighted by Gasteiger charge is -2.37. The fraction of sp³-hybridized carbons (Fsp3) is 0.588. The Bertz CT molecular complexity index is 456. The molecule has 4 nitrogen and oxygen atoms in total. The van der Waals surface area contributed by atoms with Gasteiger partial charge in [0.15, 0.2) is 0 Å². The molecule has 1 heterocycles. The molecule has 0 aliphatic carbocycles. The highest BCUT2D eigenvalue weighted by Gasteiger charge is 2.26. The minimum Gasteiger partial charge on any atom is -0.497 e.